The van der Waals surface area contributed by atoms with Gasteiger partial charge in [0.15, 0.2) is 0 Å². The predicted octanol–water partition coefficient (Wildman–Crippen LogP) is 0.991. The van der Waals surface area contributed by atoms with E-state index >= 15 is 0 Å². The number of hydrogen-bond acceptors (Lipinski definition) is 2. The van der Waals surface area contributed by atoms with E-state index < -0.39 is 0 Å². The maximum atomic E-state index is 5.72. The van der Waals surface area contributed by atoms with Crippen LogP contribution in [-0.4, -0.2) is 12.6 Å². The van der Waals surface area contributed by atoms with Crippen LogP contribution in [-0.2, 0) is 0 Å². The summed E-state index contributed by atoms with van der Waals surface area (Å²) in [6.07, 6.45) is 2.18. The maximum absolute atomic E-state index is 5.72. The molecule has 0 aromatic rings. The molecule has 1 fully saturated rings. The second-order valence-electron chi connectivity index (χ2n) is 2.96. The van der Waals surface area contributed by atoms with Crippen molar-refractivity contribution < 1.29 is 0 Å². The van der Waals surface area contributed by atoms with Crippen LogP contribution in [0.25, 0.3) is 0 Å². The standard InChI is InChI=1S/C8H16N2/c1-3-6(2)8-4-7(9)5-10-8/h7,10H,3-5,9H2,1-2H3/b8-6-/t7-/m0/s1. The van der Waals surface area contributed by atoms with Gasteiger partial charge < -0.3 is 11.1 Å². The summed E-state index contributed by atoms with van der Waals surface area (Å²) in [6.45, 7) is 5.29. The lowest BCUT2D eigenvalue weighted by atomic mass is 10.1. The van der Waals surface area contributed by atoms with Gasteiger partial charge in [-0.3, -0.25) is 0 Å². The van der Waals surface area contributed by atoms with Crippen LogP contribution in [0, 0.1) is 0 Å². The lowest BCUT2D eigenvalue weighted by Gasteiger charge is -2.02. The Morgan fingerprint density at radius 3 is 2.90 bits per heavy atom. The molecule has 0 bridgehead atoms. The van der Waals surface area contributed by atoms with Gasteiger partial charge in [0, 0.05) is 24.7 Å². The SMILES string of the molecule is CC/C(C)=C1/C[C@H](N)CN1. The van der Waals surface area contributed by atoms with Gasteiger partial charge in [-0.05, 0) is 13.3 Å². The second kappa shape index (κ2) is 3.06. The van der Waals surface area contributed by atoms with Gasteiger partial charge in [-0.25, -0.2) is 0 Å². The van der Waals surface area contributed by atoms with Crippen molar-refractivity contribution in [2.75, 3.05) is 6.54 Å². The molecule has 3 N–H and O–H groups in total. The largest absolute Gasteiger partial charge is 0.387 e. The molecule has 2 nitrogen and oxygen atoms in total. The second-order valence-corrected chi connectivity index (χ2v) is 2.96. The zero-order valence-corrected chi connectivity index (χ0v) is 6.78. The molecule has 1 aliphatic rings. The van der Waals surface area contributed by atoms with Crippen molar-refractivity contribution in [2.45, 2.75) is 32.7 Å². The molecule has 0 aliphatic carbocycles. The van der Waals surface area contributed by atoms with E-state index in [1.54, 1.807) is 0 Å². The number of nitrogens with two attached hydrogens (primary N) is 1. The predicted molar refractivity (Wildman–Crippen MR) is 43.6 cm³/mol. The van der Waals surface area contributed by atoms with Gasteiger partial charge in [0.25, 0.3) is 0 Å². The zero-order valence-electron chi connectivity index (χ0n) is 6.78. The smallest absolute Gasteiger partial charge is 0.0299 e. The lowest BCUT2D eigenvalue weighted by Crippen LogP contribution is -2.21. The van der Waals surface area contributed by atoms with Gasteiger partial charge in [0.2, 0.25) is 0 Å². The fourth-order valence-electron chi connectivity index (χ4n) is 1.20. The molecule has 1 saturated heterocycles. The Hall–Kier alpha value is -0.500. The molecule has 0 spiro atoms. The molecular weight excluding hydrogens is 124 g/mol. The Labute approximate surface area is 62.5 Å². The zero-order chi connectivity index (χ0) is 7.56. The average molecular weight is 140 g/mol. The van der Waals surface area contributed by atoms with Crippen LogP contribution in [0.3, 0.4) is 0 Å². The number of nitrogens with one attached hydrogen (secondary N) is 1. The first-order valence-electron chi connectivity index (χ1n) is 3.92. The number of allylic oxidation sites excluding steroid dienone is 1. The summed E-state index contributed by atoms with van der Waals surface area (Å²) in [6, 6.07) is 0.344. The van der Waals surface area contributed by atoms with Gasteiger partial charge in [0.05, 0.1) is 0 Å². The first-order valence-corrected chi connectivity index (χ1v) is 3.92. The number of rotatable bonds is 1. The highest BCUT2D eigenvalue weighted by atomic mass is 15.0. The highest BCUT2D eigenvalue weighted by molar-refractivity contribution is 5.15. The molecule has 1 aliphatic heterocycles. The Kier molecular flexibility index (Phi) is 2.33. The molecule has 0 aromatic heterocycles. The van der Waals surface area contributed by atoms with Crippen molar-refractivity contribution >= 4 is 0 Å². The fraction of sp³-hybridized carbons (Fsp3) is 0.750. The Morgan fingerprint density at radius 2 is 2.50 bits per heavy atom. The van der Waals surface area contributed by atoms with Gasteiger partial charge in [-0.2, -0.15) is 0 Å². The van der Waals surface area contributed by atoms with Crippen LogP contribution in [0.15, 0.2) is 11.3 Å². The molecule has 0 aromatic carbocycles. The fourth-order valence-corrected chi connectivity index (χ4v) is 1.20. The molecule has 10 heavy (non-hydrogen) atoms. The molecule has 1 heterocycles. The quantitative estimate of drug-likeness (QED) is 0.570. The van der Waals surface area contributed by atoms with Gasteiger partial charge in [-0.15, -0.1) is 0 Å². The van der Waals surface area contributed by atoms with E-state index in [-0.39, 0.29) is 0 Å². The first-order chi connectivity index (χ1) is 4.74. The third-order valence-electron chi connectivity index (χ3n) is 2.09. The lowest BCUT2D eigenvalue weighted by molar-refractivity contribution is 0.743. The molecule has 0 amide bonds. The van der Waals surface area contributed by atoms with Crippen molar-refractivity contribution in [3.63, 3.8) is 0 Å². The van der Waals surface area contributed by atoms with E-state index in [2.05, 4.69) is 19.2 Å². The Balaban J connectivity index is 2.58. The molecule has 1 atom stereocenters. The molecular formula is C8H16N2. The summed E-state index contributed by atoms with van der Waals surface area (Å²) in [5, 5.41) is 3.31. The highest BCUT2D eigenvalue weighted by Gasteiger charge is 2.15. The van der Waals surface area contributed by atoms with E-state index in [0.29, 0.717) is 6.04 Å². The molecule has 1 rings (SSSR count). The van der Waals surface area contributed by atoms with E-state index in [0.717, 1.165) is 19.4 Å². The summed E-state index contributed by atoms with van der Waals surface area (Å²) in [5.74, 6) is 0. The number of hydrogen-bond donors (Lipinski definition) is 2. The van der Waals surface area contributed by atoms with Gasteiger partial charge in [-0.1, -0.05) is 12.5 Å². The van der Waals surface area contributed by atoms with E-state index in [1.165, 1.54) is 11.3 Å². The third kappa shape index (κ3) is 1.51. The molecule has 0 radical (unpaired) electrons. The topological polar surface area (TPSA) is 38.0 Å². The van der Waals surface area contributed by atoms with Gasteiger partial charge in [0.1, 0.15) is 0 Å². The average Bonchev–Trinajstić information content (AvgIpc) is 2.34. The van der Waals surface area contributed by atoms with E-state index in [1.807, 2.05) is 0 Å². The summed E-state index contributed by atoms with van der Waals surface area (Å²) in [5.41, 5.74) is 8.54. The monoisotopic (exact) mass is 140 g/mol. The minimum Gasteiger partial charge on any atom is -0.387 e. The third-order valence-corrected chi connectivity index (χ3v) is 2.09. The van der Waals surface area contributed by atoms with E-state index in [9.17, 15) is 0 Å². The van der Waals surface area contributed by atoms with Crippen molar-refractivity contribution in [1.82, 2.24) is 5.32 Å². The maximum Gasteiger partial charge on any atom is 0.0299 e. The van der Waals surface area contributed by atoms with Crippen LogP contribution in [0.2, 0.25) is 0 Å². The minimum absolute atomic E-state index is 0.344. The van der Waals surface area contributed by atoms with Crippen LogP contribution in [0.4, 0.5) is 0 Å². The molecule has 0 saturated carbocycles. The Bertz CT molecular complexity index is 149. The normalized spacial score (nSPS) is 30.1. The van der Waals surface area contributed by atoms with Crippen LogP contribution in [0.1, 0.15) is 26.7 Å². The van der Waals surface area contributed by atoms with Crippen LogP contribution < -0.4 is 11.1 Å². The van der Waals surface area contributed by atoms with Crippen molar-refractivity contribution in [3.8, 4) is 0 Å². The molecule has 58 valence electrons. The molecule has 2 heteroatoms. The Morgan fingerprint density at radius 1 is 1.80 bits per heavy atom. The van der Waals surface area contributed by atoms with Crippen LogP contribution in [0.5, 0.6) is 0 Å². The van der Waals surface area contributed by atoms with Crippen molar-refractivity contribution in [1.29, 1.82) is 0 Å². The molecule has 0 unspecified atom stereocenters. The summed E-state index contributed by atoms with van der Waals surface area (Å²) >= 11 is 0. The van der Waals surface area contributed by atoms with E-state index in [4.69, 9.17) is 5.73 Å². The van der Waals surface area contributed by atoms with Gasteiger partial charge >= 0.3 is 0 Å². The first kappa shape index (κ1) is 7.61. The minimum atomic E-state index is 0.344. The highest BCUT2D eigenvalue weighted by Crippen LogP contribution is 2.14. The summed E-state index contributed by atoms with van der Waals surface area (Å²) < 4.78 is 0. The summed E-state index contributed by atoms with van der Waals surface area (Å²) in [4.78, 5) is 0. The van der Waals surface area contributed by atoms with Crippen molar-refractivity contribution in [3.05, 3.63) is 11.3 Å². The summed E-state index contributed by atoms with van der Waals surface area (Å²) in [7, 11) is 0. The van der Waals surface area contributed by atoms with Crippen LogP contribution >= 0.6 is 0 Å². The van der Waals surface area contributed by atoms with Crippen molar-refractivity contribution in [2.24, 2.45) is 5.73 Å².